The Bertz CT molecular complexity index is 803. The van der Waals surface area contributed by atoms with E-state index < -0.39 is 0 Å². The number of rotatable bonds is 3. The van der Waals surface area contributed by atoms with Crippen LogP contribution in [0.15, 0.2) is 72.9 Å². The van der Waals surface area contributed by atoms with Gasteiger partial charge in [-0.05, 0) is 11.3 Å². The lowest BCUT2D eigenvalue weighted by Gasteiger charge is -2.07. The summed E-state index contributed by atoms with van der Waals surface area (Å²) in [5.74, 6) is 1.66. The number of hydrogen-bond acceptors (Lipinski definition) is 6. The molecule has 0 N–H and O–H groups in total. The number of aromatic nitrogens is 6. The molecule has 2 aromatic carbocycles. The molecule has 0 aliphatic carbocycles. The Labute approximate surface area is 138 Å². The number of nitrogens with zero attached hydrogens (tertiary/aromatic N) is 6. The van der Waals surface area contributed by atoms with Crippen molar-refractivity contribution in [1.29, 1.82) is 0 Å². The highest BCUT2D eigenvalue weighted by Gasteiger charge is 2.12. The van der Waals surface area contributed by atoms with Gasteiger partial charge in [0.05, 0.1) is 6.20 Å². The highest BCUT2D eigenvalue weighted by atomic mass is 15.3. The molecule has 0 aliphatic rings. The van der Waals surface area contributed by atoms with Gasteiger partial charge < -0.3 is 0 Å². The summed E-state index contributed by atoms with van der Waals surface area (Å²) in [6.07, 6.45) is 1.57. The van der Waals surface area contributed by atoms with E-state index in [1.165, 1.54) is 0 Å². The predicted octanol–water partition coefficient (Wildman–Crippen LogP) is 3.06. The Balaban J connectivity index is 1.92. The molecule has 24 heavy (non-hydrogen) atoms. The third-order valence-corrected chi connectivity index (χ3v) is 3.43. The average molecular weight is 312 g/mol. The lowest BCUT2D eigenvalue weighted by Crippen LogP contribution is -2.01. The van der Waals surface area contributed by atoms with Gasteiger partial charge in [-0.25, -0.2) is 15.0 Å². The van der Waals surface area contributed by atoms with Crippen LogP contribution in [0.2, 0.25) is 0 Å². The first-order valence-corrected chi connectivity index (χ1v) is 7.42. The van der Waals surface area contributed by atoms with Gasteiger partial charge in [0.2, 0.25) is 0 Å². The Morgan fingerprint density at radius 3 is 1.58 bits per heavy atom. The second-order valence-electron chi connectivity index (χ2n) is 5.04. The van der Waals surface area contributed by atoms with Gasteiger partial charge in [-0.15, -0.1) is 10.2 Å². The highest BCUT2D eigenvalue weighted by molar-refractivity contribution is 5.64. The Morgan fingerprint density at radius 1 is 0.542 bits per heavy atom. The van der Waals surface area contributed by atoms with Crippen LogP contribution in [0, 0.1) is 0 Å². The van der Waals surface area contributed by atoms with Gasteiger partial charge >= 0.3 is 0 Å². The van der Waals surface area contributed by atoms with Crippen molar-refractivity contribution in [2.24, 2.45) is 0 Å². The van der Waals surface area contributed by atoms with Crippen molar-refractivity contribution in [3.63, 3.8) is 0 Å². The van der Waals surface area contributed by atoms with Gasteiger partial charge in [-0.3, -0.25) is 0 Å². The van der Waals surface area contributed by atoms with E-state index >= 15 is 0 Å². The molecule has 0 spiro atoms. The molecule has 6 heteroatoms. The summed E-state index contributed by atoms with van der Waals surface area (Å²) in [5, 5.41) is 11.4. The number of hydrogen-bond donors (Lipinski definition) is 0. The summed E-state index contributed by atoms with van der Waals surface area (Å²) in [4.78, 5) is 13.7. The molecular formula is C18H12N6. The van der Waals surface area contributed by atoms with E-state index in [1.54, 1.807) is 12.3 Å². The molecule has 0 radical (unpaired) electrons. The quantitative estimate of drug-likeness (QED) is 0.578. The fourth-order valence-corrected chi connectivity index (χ4v) is 2.28. The van der Waals surface area contributed by atoms with Crippen LogP contribution in [-0.4, -0.2) is 30.4 Å². The van der Waals surface area contributed by atoms with E-state index in [4.69, 9.17) is 0 Å². The van der Waals surface area contributed by atoms with Crippen molar-refractivity contribution in [1.82, 2.24) is 30.4 Å². The summed E-state index contributed by atoms with van der Waals surface area (Å²) in [6.45, 7) is 0. The van der Waals surface area contributed by atoms with Gasteiger partial charge in [0.15, 0.2) is 17.5 Å². The third kappa shape index (κ3) is 2.85. The molecule has 114 valence electrons. The molecule has 0 saturated heterocycles. The summed E-state index contributed by atoms with van der Waals surface area (Å²) < 4.78 is 0. The maximum Gasteiger partial charge on any atom is 0.184 e. The van der Waals surface area contributed by atoms with Crippen LogP contribution in [0.5, 0.6) is 0 Å². The molecule has 4 rings (SSSR count). The fourth-order valence-electron chi connectivity index (χ4n) is 2.28. The minimum Gasteiger partial charge on any atom is -0.208 e. The number of benzene rings is 2. The third-order valence-electron chi connectivity index (χ3n) is 3.43. The molecule has 0 atom stereocenters. The van der Waals surface area contributed by atoms with E-state index in [9.17, 15) is 0 Å². The smallest absolute Gasteiger partial charge is 0.184 e. The van der Waals surface area contributed by atoms with Crippen LogP contribution >= 0.6 is 0 Å². The van der Waals surface area contributed by atoms with Crippen molar-refractivity contribution < 1.29 is 0 Å². The molecule has 0 bridgehead atoms. The molecule has 0 saturated carbocycles. The summed E-state index contributed by atoms with van der Waals surface area (Å²) in [7, 11) is 0. The van der Waals surface area contributed by atoms with Crippen LogP contribution in [0.4, 0.5) is 0 Å². The molecule has 4 aromatic rings. The van der Waals surface area contributed by atoms with E-state index in [-0.39, 0.29) is 0 Å². The first-order chi connectivity index (χ1) is 11.9. The fraction of sp³-hybridized carbons (Fsp3) is 0. The molecule has 0 amide bonds. The zero-order valence-electron chi connectivity index (χ0n) is 12.6. The second kappa shape index (κ2) is 6.29. The van der Waals surface area contributed by atoms with Gasteiger partial charge in [0.25, 0.3) is 0 Å². The van der Waals surface area contributed by atoms with Crippen molar-refractivity contribution in [3.8, 4) is 34.3 Å². The summed E-state index contributed by atoms with van der Waals surface area (Å²) in [6, 6.07) is 21.3. The largest absolute Gasteiger partial charge is 0.208 e. The molecule has 2 heterocycles. The maximum atomic E-state index is 4.61. The molecule has 0 unspecified atom stereocenters. The van der Waals surface area contributed by atoms with E-state index in [2.05, 4.69) is 30.4 Å². The van der Waals surface area contributed by atoms with Crippen molar-refractivity contribution in [2.45, 2.75) is 0 Å². The maximum absolute atomic E-state index is 4.61. The van der Waals surface area contributed by atoms with Crippen molar-refractivity contribution >= 4 is 0 Å². The van der Waals surface area contributed by atoms with Crippen LogP contribution in [0.25, 0.3) is 34.3 Å². The minimum atomic E-state index is 0.470. The molecule has 0 fully saturated rings. The first-order valence-electron chi connectivity index (χ1n) is 7.42. The monoisotopic (exact) mass is 312 g/mol. The lowest BCUT2D eigenvalue weighted by molar-refractivity contribution is 0.862. The zero-order chi connectivity index (χ0) is 16.2. The van der Waals surface area contributed by atoms with Gasteiger partial charge in [0, 0.05) is 11.1 Å². The normalized spacial score (nSPS) is 10.5. The zero-order valence-corrected chi connectivity index (χ0v) is 12.6. The van der Waals surface area contributed by atoms with Crippen molar-refractivity contribution in [3.05, 3.63) is 72.9 Å². The molecular weight excluding hydrogens is 300 g/mol. The van der Waals surface area contributed by atoms with E-state index in [0.29, 0.717) is 23.2 Å². The molecule has 6 nitrogen and oxygen atoms in total. The van der Waals surface area contributed by atoms with E-state index in [0.717, 1.165) is 11.1 Å². The van der Waals surface area contributed by atoms with Crippen molar-refractivity contribution in [2.75, 3.05) is 0 Å². The Kier molecular flexibility index (Phi) is 3.69. The van der Waals surface area contributed by atoms with Gasteiger partial charge in [-0.1, -0.05) is 60.7 Å². The van der Waals surface area contributed by atoms with E-state index in [1.807, 2.05) is 60.7 Å². The SMILES string of the molecule is c1ccc(-c2nc(-c3ccccc3)nc(-c3ccnnn3)n2)cc1. The molecule has 2 aromatic heterocycles. The lowest BCUT2D eigenvalue weighted by atomic mass is 10.2. The Hall–Kier alpha value is -3.54. The highest BCUT2D eigenvalue weighted by Crippen LogP contribution is 2.22. The van der Waals surface area contributed by atoms with Crippen LogP contribution < -0.4 is 0 Å². The topological polar surface area (TPSA) is 77.3 Å². The predicted molar refractivity (Wildman–Crippen MR) is 89.5 cm³/mol. The van der Waals surface area contributed by atoms with Crippen LogP contribution in [-0.2, 0) is 0 Å². The standard InChI is InChI=1S/C18H12N6/c1-3-7-13(8-4-1)16-20-17(14-9-5-2-6-10-14)22-18(21-16)15-11-12-19-24-23-15/h1-12H. The Morgan fingerprint density at radius 2 is 1.08 bits per heavy atom. The van der Waals surface area contributed by atoms with Gasteiger partial charge in [-0.2, -0.15) is 0 Å². The average Bonchev–Trinajstić information content (AvgIpc) is 2.70. The minimum absolute atomic E-state index is 0.470. The second-order valence-corrected chi connectivity index (χ2v) is 5.04. The van der Waals surface area contributed by atoms with Gasteiger partial charge in [0.1, 0.15) is 5.69 Å². The first kappa shape index (κ1) is 14.1. The van der Waals surface area contributed by atoms with Crippen LogP contribution in [0.3, 0.4) is 0 Å². The molecule has 0 aliphatic heterocycles. The van der Waals surface area contributed by atoms with Crippen LogP contribution in [0.1, 0.15) is 0 Å². The summed E-state index contributed by atoms with van der Waals surface area (Å²) in [5.41, 5.74) is 2.39. The summed E-state index contributed by atoms with van der Waals surface area (Å²) >= 11 is 0.